The molecular formula is C28H26BrN3O4. The Bertz CT molecular complexity index is 1560. The lowest BCUT2D eigenvalue weighted by Crippen LogP contribution is -2.20. The molecule has 4 rings (SSSR count). The molecule has 0 saturated carbocycles. The number of hydrogen-bond donors (Lipinski definition) is 0. The minimum atomic E-state index is -0.411. The number of ether oxygens (including phenoxy) is 2. The van der Waals surface area contributed by atoms with Crippen molar-refractivity contribution in [3.05, 3.63) is 86.1 Å². The van der Waals surface area contributed by atoms with Crippen molar-refractivity contribution in [1.29, 1.82) is 0 Å². The van der Waals surface area contributed by atoms with E-state index in [2.05, 4.69) is 34.9 Å². The molecule has 184 valence electrons. The number of carbonyl (C=O) groups is 1. The van der Waals surface area contributed by atoms with Crippen molar-refractivity contribution in [3.8, 4) is 22.9 Å². The van der Waals surface area contributed by atoms with Gasteiger partial charge in [0.15, 0.2) is 5.82 Å². The molecule has 0 aliphatic carbocycles. The molecule has 8 heteroatoms. The smallest absolute Gasteiger partial charge is 0.308 e. The van der Waals surface area contributed by atoms with Crippen molar-refractivity contribution in [1.82, 2.24) is 9.66 Å². The molecule has 7 nitrogen and oxygen atoms in total. The fourth-order valence-electron chi connectivity index (χ4n) is 3.93. The molecule has 1 aromatic heterocycles. The van der Waals surface area contributed by atoms with E-state index in [9.17, 15) is 9.59 Å². The summed E-state index contributed by atoms with van der Waals surface area (Å²) in [5.74, 6) is 1.43. The van der Waals surface area contributed by atoms with Crippen LogP contribution in [0.3, 0.4) is 0 Å². The summed E-state index contributed by atoms with van der Waals surface area (Å²) in [6, 6.07) is 16.4. The van der Waals surface area contributed by atoms with Crippen LogP contribution in [0.15, 0.2) is 69.0 Å². The number of rotatable bonds is 6. The predicted molar refractivity (Wildman–Crippen MR) is 145 cm³/mol. The quantitative estimate of drug-likeness (QED) is 0.166. The van der Waals surface area contributed by atoms with Gasteiger partial charge in [-0.2, -0.15) is 9.78 Å². The molecule has 0 aliphatic rings. The molecular weight excluding hydrogens is 522 g/mol. The van der Waals surface area contributed by atoms with Crippen LogP contribution in [0.25, 0.3) is 22.3 Å². The van der Waals surface area contributed by atoms with Crippen LogP contribution in [0.1, 0.15) is 43.4 Å². The van der Waals surface area contributed by atoms with Crippen LogP contribution in [-0.4, -0.2) is 29.0 Å². The van der Waals surface area contributed by atoms with Crippen LogP contribution in [0.5, 0.6) is 11.5 Å². The Morgan fingerprint density at radius 2 is 1.86 bits per heavy atom. The fourth-order valence-corrected chi connectivity index (χ4v) is 4.41. The topological polar surface area (TPSA) is 82.8 Å². The highest BCUT2D eigenvalue weighted by Crippen LogP contribution is 2.34. The SMILES string of the molecule is COc1cc(C)c(-c2nc3ccccc3c(=O)n2N=Cc2ccc(OC(C)=O)c(Br)c2)cc1C(C)C. The van der Waals surface area contributed by atoms with Gasteiger partial charge in [-0.1, -0.05) is 26.0 Å². The van der Waals surface area contributed by atoms with E-state index in [1.807, 2.05) is 31.2 Å². The maximum atomic E-state index is 13.6. The summed E-state index contributed by atoms with van der Waals surface area (Å²) in [5, 5.41) is 5.02. The van der Waals surface area contributed by atoms with Crippen LogP contribution >= 0.6 is 15.9 Å². The Hall–Kier alpha value is -3.78. The number of aromatic nitrogens is 2. The highest BCUT2D eigenvalue weighted by molar-refractivity contribution is 9.10. The molecule has 0 atom stereocenters. The largest absolute Gasteiger partial charge is 0.496 e. The second-order valence-electron chi connectivity index (χ2n) is 8.66. The molecule has 0 amide bonds. The van der Waals surface area contributed by atoms with Gasteiger partial charge in [0, 0.05) is 12.5 Å². The zero-order valence-corrected chi connectivity index (χ0v) is 22.3. The van der Waals surface area contributed by atoms with Gasteiger partial charge in [-0.15, -0.1) is 0 Å². The van der Waals surface area contributed by atoms with Crippen LogP contribution in [0, 0.1) is 6.92 Å². The monoisotopic (exact) mass is 547 g/mol. The average Bonchev–Trinajstić information content (AvgIpc) is 2.84. The zero-order chi connectivity index (χ0) is 26.0. The van der Waals surface area contributed by atoms with Crippen molar-refractivity contribution in [2.45, 2.75) is 33.6 Å². The predicted octanol–water partition coefficient (Wildman–Crippen LogP) is 6.07. The van der Waals surface area contributed by atoms with Crippen LogP contribution in [0.2, 0.25) is 0 Å². The van der Waals surface area contributed by atoms with E-state index in [0.717, 1.165) is 22.4 Å². The molecule has 0 spiro atoms. The zero-order valence-electron chi connectivity index (χ0n) is 20.7. The number of hydrogen-bond acceptors (Lipinski definition) is 6. The lowest BCUT2D eigenvalue weighted by Gasteiger charge is -2.17. The first-order valence-corrected chi connectivity index (χ1v) is 12.2. The molecule has 4 aromatic rings. The van der Waals surface area contributed by atoms with Gasteiger partial charge in [0.1, 0.15) is 11.5 Å². The molecule has 1 heterocycles. The first-order valence-electron chi connectivity index (χ1n) is 11.4. The Kier molecular flexibility index (Phi) is 7.35. The molecule has 0 aliphatic heterocycles. The first-order chi connectivity index (χ1) is 17.2. The third-order valence-corrected chi connectivity index (χ3v) is 6.35. The third kappa shape index (κ3) is 5.09. The second-order valence-corrected chi connectivity index (χ2v) is 9.52. The van der Waals surface area contributed by atoms with E-state index in [1.54, 1.807) is 43.7 Å². The number of nitrogens with zero attached hydrogens (tertiary/aromatic N) is 3. The van der Waals surface area contributed by atoms with Crippen LogP contribution < -0.4 is 15.0 Å². The molecule has 36 heavy (non-hydrogen) atoms. The van der Waals surface area contributed by atoms with Crippen LogP contribution in [0.4, 0.5) is 0 Å². The number of aryl methyl sites for hydroxylation is 1. The van der Waals surface area contributed by atoms with Crippen LogP contribution in [-0.2, 0) is 4.79 Å². The van der Waals surface area contributed by atoms with E-state index < -0.39 is 5.97 Å². The summed E-state index contributed by atoms with van der Waals surface area (Å²) in [6.45, 7) is 7.48. The number of fused-ring (bicyclic) bond motifs is 1. The van der Waals surface area contributed by atoms with E-state index in [0.29, 0.717) is 32.5 Å². The minimum absolute atomic E-state index is 0.205. The standard InChI is InChI=1S/C28H26BrN3O4/c1-16(2)21-14-22(17(3)12-26(21)35-5)27-31-24-9-7-6-8-20(24)28(34)32(27)30-15-19-10-11-25(23(29)13-19)36-18(4)33/h6-16H,1-5H3. The molecule has 0 fully saturated rings. The summed E-state index contributed by atoms with van der Waals surface area (Å²) >= 11 is 3.41. The second kappa shape index (κ2) is 10.5. The van der Waals surface area contributed by atoms with Gasteiger partial charge in [0.25, 0.3) is 5.56 Å². The lowest BCUT2D eigenvalue weighted by molar-refractivity contribution is -0.131. The normalized spacial score (nSPS) is 11.4. The number of halogens is 1. The van der Waals surface area contributed by atoms with Crippen molar-refractivity contribution in [3.63, 3.8) is 0 Å². The maximum absolute atomic E-state index is 13.6. The lowest BCUT2D eigenvalue weighted by atomic mass is 9.96. The van der Waals surface area contributed by atoms with Crippen molar-refractivity contribution >= 4 is 39.0 Å². The summed E-state index contributed by atoms with van der Waals surface area (Å²) in [6.07, 6.45) is 1.58. The highest BCUT2D eigenvalue weighted by Gasteiger charge is 2.18. The maximum Gasteiger partial charge on any atom is 0.308 e. The molecule has 0 saturated heterocycles. The number of para-hydroxylation sites is 1. The molecule has 0 radical (unpaired) electrons. The fraction of sp³-hybridized carbons (Fsp3) is 0.214. The first kappa shape index (κ1) is 25.3. The van der Waals surface area contributed by atoms with E-state index in [-0.39, 0.29) is 11.5 Å². The molecule has 0 unspecified atom stereocenters. The Labute approximate surface area is 217 Å². The van der Waals surface area contributed by atoms with Gasteiger partial charge < -0.3 is 9.47 Å². The van der Waals surface area contributed by atoms with Crippen molar-refractivity contribution in [2.75, 3.05) is 7.11 Å². The number of benzene rings is 3. The van der Waals surface area contributed by atoms with E-state index >= 15 is 0 Å². The molecule has 0 bridgehead atoms. The van der Waals surface area contributed by atoms with Gasteiger partial charge >= 0.3 is 5.97 Å². The van der Waals surface area contributed by atoms with Gasteiger partial charge in [-0.25, -0.2) is 4.98 Å². The van der Waals surface area contributed by atoms with Gasteiger partial charge in [0.2, 0.25) is 0 Å². The summed E-state index contributed by atoms with van der Waals surface area (Å²) in [4.78, 5) is 29.7. The number of methoxy groups -OCH3 is 1. The Balaban J connectivity index is 1.91. The summed E-state index contributed by atoms with van der Waals surface area (Å²) < 4.78 is 12.7. The van der Waals surface area contributed by atoms with Gasteiger partial charge in [-0.05, 0) is 87.9 Å². The van der Waals surface area contributed by atoms with Gasteiger partial charge in [-0.3, -0.25) is 9.59 Å². The van der Waals surface area contributed by atoms with Gasteiger partial charge in [0.05, 0.1) is 28.7 Å². The average molecular weight is 548 g/mol. The Morgan fingerprint density at radius 3 is 2.53 bits per heavy atom. The number of esters is 1. The highest BCUT2D eigenvalue weighted by atomic mass is 79.9. The minimum Gasteiger partial charge on any atom is -0.496 e. The molecule has 3 aromatic carbocycles. The molecule has 0 N–H and O–H groups in total. The number of carbonyl (C=O) groups excluding carboxylic acids is 1. The third-order valence-electron chi connectivity index (χ3n) is 5.73. The summed E-state index contributed by atoms with van der Waals surface area (Å²) in [5.41, 5.74) is 3.75. The Morgan fingerprint density at radius 1 is 1.11 bits per heavy atom. The van der Waals surface area contributed by atoms with Crippen molar-refractivity contribution in [2.24, 2.45) is 5.10 Å². The van der Waals surface area contributed by atoms with E-state index in [1.165, 1.54) is 11.6 Å². The van der Waals surface area contributed by atoms with Crippen molar-refractivity contribution < 1.29 is 14.3 Å². The van der Waals surface area contributed by atoms with E-state index in [4.69, 9.17) is 14.5 Å². The summed E-state index contributed by atoms with van der Waals surface area (Å²) in [7, 11) is 1.65.